The van der Waals surface area contributed by atoms with Crippen LogP contribution in [0.25, 0.3) is 0 Å². The Bertz CT molecular complexity index is 159. The summed E-state index contributed by atoms with van der Waals surface area (Å²) in [4.78, 5) is 4.09. The fraction of sp³-hybridized carbons (Fsp3) is 0.667. The van der Waals surface area contributed by atoms with Crippen molar-refractivity contribution in [2.45, 2.75) is 32.6 Å². The van der Waals surface area contributed by atoms with Gasteiger partial charge >= 0.3 is 0 Å². The maximum Gasteiger partial charge on any atom is 0.0501 e. The zero-order valence-electron chi connectivity index (χ0n) is 7.14. The molecule has 0 spiro atoms. The number of allylic oxidation sites excluding steroid dienone is 1. The first-order valence-corrected chi connectivity index (χ1v) is 4.38. The van der Waals surface area contributed by atoms with Gasteiger partial charge in [0.05, 0.1) is 6.54 Å². The van der Waals surface area contributed by atoms with Crippen LogP contribution >= 0.6 is 0 Å². The quantitative estimate of drug-likeness (QED) is 0.613. The summed E-state index contributed by atoms with van der Waals surface area (Å²) < 4.78 is 0. The number of nitrogens with zero attached hydrogens (tertiary/aromatic N) is 1. The molecule has 0 aliphatic carbocycles. The second-order valence-electron chi connectivity index (χ2n) is 2.82. The molecule has 0 aromatic carbocycles. The van der Waals surface area contributed by atoms with Crippen molar-refractivity contribution in [1.29, 1.82) is 0 Å². The first-order chi connectivity index (χ1) is 5.43. The molecule has 0 unspecified atom stereocenters. The molecule has 2 heteroatoms. The number of unbranched alkanes of at least 4 members (excludes halogenated alkanes) is 2. The lowest BCUT2D eigenvalue weighted by Gasteiger charge is -2.10. The molecule has 0 saturated carbocycles. The predicted molar refractivity (Wildman–Crippen MR) is 48.7 cm³/mol. The highest BCUT2D eigenvalue weighted by atomic mass is 14.9. The van der Waals surface area contributed by atoms with E-state index in [1.807, 2.05) is 12.4 Å². The summed E-state index contributed by atoms with van der Waals surface area (Å²) >= 11 is 0. The predicted octanol–water partition coefficient (Wildman–Crippen LogP) is 2.08. The number of rotatable bonds is 4. The number of hydrogen-bond donors (Lipinski definition) is 1. The summed E-state index contributed by atoms with van der Waals surface area (Å²) in [6, 6.07) is 0. The van der Waals surface area contributed by atoms with E-state index in [1.54, 1.807) is 0 Å². The number of aliphatic imine (C=N–C) groups is 1. The molecule has 1 heterocycles. The molecule has 1 N–H and O–H groups in total. The fourth-order valence-corrected chi connectivity index (χ4v) is 1.14. The summed E-state index contributed by atoms with van der Waals surface area (Å²) in [5, 5.41) is 3.29. The van der Waals surface area contributed by atoms with E-state index in [0.29, 0.717) is 0 Å². The van der Waals surface area contributed by atoms with Gasteiger partial charge in [0.1, 0.15) is 0 Å². The lowest BCUT2D eigenvalue weighted by atomic mass is 10.1. The summed E-state index contributed by atoms with van der Waals surface area (Å²) in [5.74, 6) is 0. The molecule has 0 amide bonds. The third kappa shape index (κ3) is 3.21. The van der Waals surface area contributed by atoms with Gasteiger partial charge in [-0.1, -0.05) is 19.8 Å². The van der Waals surface area contributed by atoms with Crippen LogP contribution < -0.4 is 5.32 Å². The van der Waals surface area contributed by atoms with E-state index < -0.39 is 0 Å². The maximum absolute atomic E-state index is 4.09. The largest absolute Gasteiger partial charge is 0.382 e. The lowest BCUT2D eigenvalue weighted by molar-refractivity contribution is 0.681. The highest BCUT2D eigenvalue weighted by molar-refractivity contribution is 5.62. The fourth-order valence-electron chi connectivity index (χ4n) is 1.14. The Hall–Kier alpha value is -0.790. The van der Waals surface area contributed by atoms with Crippen molar-refractivity contribution in [3.8, 4) is 0 Å². The average Bonchev–Trinajstić information content (AvgIpc) is 2.07. The molecule has 0 fully saturated rings. The third-order valence-corrected chi connectivity index (χ3v) is 1.81. The van der Waals surface area contributed by atoms with Gasteiger partial charge in [0.2, 0.25) is 0 Å². The average molecular weight is 152 g/mol. The van der Waals surface area contributed by atoms with Crippen LogP contribution in [-0.2, 0) is 0 Å². The molecule has 0 saturated heterocycles. The Balaban J connectivity index is 2.15. The Morgan fingerprint density at radius 2 is 2.45 bits per heavy atom. The van der Waals surface area contributed by atoms with E-state index in [-0.39, 0.29) is 0 Å². The summed E-state index contributed by atoms with van der Waals surface area (Å²) in [6.07, 6.45) is 8.87. The van der Waals surface area contributed by atoms with Gasteiger partial charge in [-0.3, -0.25) is 4.99 Å². The molecule has 1 rings (SSSR count). The van der Waals surface area contributed by atoms with E-state index in [4.69, 9.17) is 0 Å². The topological polar surface area (TPSA) is 24.4 Å². The molecule has 1 aliphatic heterocycles. The highest BCUT2D eigenvalue weighted by Crippen LogP contribution is 2.07. The Morgan fingerprint density at radius 3 is 3.09 bits per heavy atom. The van der Waals surface area contributed by atoms with E-state index >= 15 is 0 Å². The zero-order valence-corrected chi connectivity index (χ0v) is 7.14. The van der Waals surface area contributed by atoms with Gasteiger partial charge in [-0.25, -0.2) is 0 Å². The van der Waals surface area contributed by atoms with Gasteiger partial charge in [-0.15, -0.1) is 0 Å². The minimum Gasteiger partial charge on any atom is -0.382 e. The van der Waals surface area contributed by atoms with Gasteiger partial charge in [0, 0.05) is 18.1 Å². The Labute approximate surface area is 68.4 Å². The molecule has 0 aromatic rings. The van der Waals surface area contributed by atoms with Gasteiger partial charge < -0.3 is 5.32 Å². The zero-order chi connectivity index (χ0) is 7.94. The molecule has 62 valence electrons. The Kier molecular flexibility index (Phi) is 3.73. The van der Waals surface area contributed by atoms with Gasteiger partial charge in [-0.05, 0) is 12.8 Å². The second kappa shape index (κ2) is 4.94. The minimum atomic E-state index is 0.901. The number of hydrogen-bond acceptors (Lipinski definition) is 2. The van der Waals surface area contributed by atoms with Crippen molar-refractivity contribution < 1.29 is 0 Å². The van der Waals surface area contributed by atoms with E-state index in [9.17, 15) is 0 Å². The van der Waals surface area contributed by atoms with Crippen molar-refractivity contribution in [2.75, 3.05) is 6.54 Å². The molecular weight excluding hydrogens is 136 g/mol. The molecule has 0 radical (unpaired) electrons. The van der Waals surface area contributed by atoms with Gasteiger partial charge in [0.15, 0.2) is 0 Å². The monoisotopic (exact) mass is 152 g/mol. The third-order valence-electron chi connectivity index (χ3n) is 1.81. The van der Waals surface area contributed by atoms with Crippen LogP contribution in [-0.4, -0.2) is 12.8 Å². The molecule has 0 bridgehead atoms. The summed E-state index contributed by atoms with van der Waals surface area (Å²) in [7, 11) is 0. The molecule has 0 atom stereocenters. The first kappa shape index (κ1) is 8.31. The van der Waals surface area contributed by atoms with Crippen LogP contribution in [0.4, 0.5) is 0 Å². The standard InChI is InChI=1S/C9H16N2/c1-2-3-4-5-9-8-10-6-7-11-9/h6,8,11H,2-5,7H2,1H3. The normalized spacial score (nSPS) is 15.9. The van der Waals surface area contributed by atoms with Crippen molar-refractivity contribution in [3.05, 3.63) is 11.9 Å². The van der Waals surface area contributed by atoms with E-state index in [2.05, 4.69) is 17.2 Å². The minimum absolute atomic E-state index is 0.901. The SMILES string of the molecule is CCCCCC1=CN=CCN1. The number of nitrogens with one attached hydrogen (secondary N) is 1. The second-order valence-corrected chi connectivity index (χ2v) is 2.82. The van der Waals surface area contributed by atoms with Crippen molar-refractivity contribution in [1.82, 2.24) is 5.32 Å². The van der Waals surface area contributed by atoms with Crippen molar-refractivity contribution in [3.63, 3.8) is 0 Å². The lowest BCUT2D eigenvalue weighted by Crippen LogP contribution is -2.18. The maximum atomic E-state index is 4.09. The van der Waals surface area contributed by atoms with E-state index in [1.165, 1.54) is 25.0 Å². The molecule has 2 nitrogen and oxygen atoms in total. The van der Waals surface area contributed by atoms with Crippen LogP contribution in [0.1, 0.15) is 32.6 Å². The summed E-state index contributed by atoms with van der Waals surface area (Å²) in [5.41, 5.74) is 1.29. The first-order valence-electron chi connectivity index (χ1n) is 4.38. The smallest absolute Gasteiger partial charge is 0.0501 e. The highest BCUT2D eigenvalue weighted by Gasteiger charge is 1.97. The van der Waals surface area contributed by atoms with Crippen molar-refractivity contribution >= 4 is 6.21 Å². The Morgan fingerprint density at radius 1 is 1.55 bits per heavy atom. The molecule has 11 heavy (non-hydrogen) atoms. The molecular formula is C9H16N2. The van der Waals surface area contributed by atoms with E-state index in [0.717, 1.165) is 13.0 Å². The molecule has 0 aromatic heterocycles. The van der Waals surface area contributed by atoms with Crippen LogP contribution in [0.5, 0.6) is 0 Å². The van der Waals surface area contributed by atoms with Gasteiger partial charge in [-0.2, -0.15) is 0 Å². The molecule has 1 aliphatic rings. The van der Waals surface area contributed by atoms with Crippen LogP contribution in [0, 0.1) is 0 Å². The summed E-state index contributed by atoms with van der Waals surface area (Å²) in [6.45, 7) is 3.12. The van der Waals surface area contributed by atoms with Crippen LogP contribution in [0.3, 0.4) is 0 Å². The van der Waals surface area contributed by atoms with Crippen LogP contribution in [0.2, 0.25) is 0 Å². The van der Waals surface area contributed by atoms with Crippen molar-refractivity contribution in [2.24, 2.45) is 4.99 Å². The van der Waals surface area contributed by atoms with Crippen LogP contribution in [0.15, 0.2) is 16.9 Å². The van der Waals surface area contributed by atoms with Gasteiger partial charge in [0.25, 0.3) is 0 Å².